The highest BCUT2D eigenvalue weighted by molar-refractivity contribution is 5.84. The van der Waals surface area contributed by atoms with Crippen LogP contribution >= 0.6 is 0 Å². The van der Waals surface area contributed by atoms with E-state index in [1.54, 1.807) is 24.3 Å². The van der Waals surface area contributed by atoms with Gasteiger partial charge in [-0.1, -0.05) is 18.2 Å². The number of rotatable bonds is 8. The Morgan fingerprint density at radius 1 is 1.14 bits per heavy atom. The topological polar surface area (TPSA) is 130 Å². The van der Waals surface area contributed by atoms with E-state index >= 15 is 0 Å². The Morgan fingerprint density at radius 3 is 2.38 bits per heavy atom. The number of anilines is 1. The first kappa shape index (κ1) is 16.5. The average Bonchev–Trinajstić information content (AvgIpc) is 2.42. The molecule has 1 amide bonds. The fraction of sp³-hybridized carbons (Fsp3) is 0.357. The average molecular weight is 294 g/mol. The summed E-state index contributed by atoms with van der Waals surface area (Å²) in [7, 11) is 0. The normalized spacial score (nSPS) is 11.6. The van der Waals surface area contributed by atoms with Crippen LogP contribution in [0, 0.1) is 0 Å². The van der Waals surface area contributed by atoms with Crippen molar-refractivity contribution < 1.29 is 24.6 Å². The molecule has 0 heterocycles. The van der Waals surface area contributed by atoms with Crippen molar-refractivity contribution in [2.45, 2.75) is 31.7 Å². The Morgan fingerprint density at radius 2 is 1.81 bits per heavy atom. The molecule has 7 nitrogen and oxygen atoms in total. The number of carboxylic acids is 2. The van der Waals surface area contributed by atoms with E-state index in [1.165, 1.54) is 0 Å². The standard InChI is InChI=1S/C14H18N2O5/c15-10-4-2-1-3-9(10)5-7-12(17)16-11(14(20)21)6-8-13(18)19/h1-4,11H,5-8,15H2,(H,16,17)(H,18,19)(H,20,21)/t11-/m0/s1. The number of nitrogens with two attached hydrogens (primary N) is 1. The quantitative estimate of drug-likeness (QED) is 0.520. The van der Waals surface area contributed by atoms with Crippen molar-refractivity contribution in [1.82, 2.24) is 5.32 Å². The first-order valence-electron chi connectivity index (χ1n) is 6.47. The molecule has 21 heavy (non-hydrogen) atoms. The van der Waals surface area contributed by atoms with Crippen LogP contribution in [0.2, 0.25) is 0 Å². The fourth-order valence-electron chi connectivity index (χ4n) is 1.80. The third-order valence-corrected chi connectivity index (χ3v) is 2.96. The van der Waals surface area contributed by atoms with E-state index in [0.29, 0.717) is 12.1 Å². The molecule has 7 heteroatoms. The second-order valence-electron chi connectivity index (χ2n) is 4.59. The molecule has 0 radical (unpaired) electrons. The number of nitrogens with one attached hydrogen (secondary N) is 1. The maximum atomic E-state index is 11.7. The fourth-order valence-corrected chi connectivity index (χ4v) is 1.80. The van der Waals surface area contributed by atoms with Crippen LogP contribution in [-0.2, 0) is 20.8 Å². The number of amides is 1. The molecule has 0 aliphatic rings. The number of para-hydroxylation sites is 1. The molecular formula is C14H18N2O5. The summed E-state index contributed by atoms with van der Waals surface area (Å²) < 4.78 is 0. The molecule has 5 N–H and O–H groups in total. The molecule has 1 aromatic rings. The number of carbonyl (C=O) groups is 3. The van der Waals surface area contributed by atoms with Gasteiger partial charge in [0.2, 0.25) is 5.91 Å². The number of hydrogen-bond donors (Lipinski definition) is 4. The highest BCUT2D eigenvalue weighted by atomic mass is 16.4. The van der Waals surface area contributed by atoms with Crippen molar-refractivity contribution in [3.63, 3.8) is 0 Å². The molecule has 0 spiro atoms. The summed E-state index contributed by atoms with van der Waals surface area (Å²) in [6, 6.07) is 5.91. The summed E-state index contributed by atoms with van der Waals surface area (Å²) in [6.45, 7) is 0. The summed E-state index contributed by atoms with van der Waals surface area (Å²) in [4.78, 5) is 33.1. The first-order valence-corrected chi connectivity index (χ1v) is 6.47. The summed E-state index contributed by atoms with van der Waals surface area (Å²) in [5.41, 5.74) is 7.13. The zero-order valence-electron chi connectivity index (χ0n) is 11.4. The van der Waals surface area contributed by atoms with Crippen molar-refractivity contribution in [1.29, 1.82) is 0 Å². The van der Waals surface area contributed by atoms with Gasteiger partial charge in [0.25, 0.3) is 0 Å². The zero-order chi connectivity index (χ0) is 15.8. The van der Waals surface area contributed by atoms with Crippen LogP contribution in [0.5, 0.6) is 0 Å². The summed E-state index contributed by atoms with van der Waals surface area (Å²) in [5, 5.41) is 19.8. The van der Waals surface area contributed by atoms with Gasteiger partial charge in [-0.2, -0.15) is 0 Å². The van der Waals surface area contributed by atoms with Gasteiger partial charge in [-0.05, 0) is 24.5 Å². The lowest BCUT2D eigenvalue weighted by atomic mass is 10.1. The molecule has 1 aromatic carbocycles. The van der Waals surface area contributed by atoms with Crippen LogP contribution in [0.1, 0.15) is 24.8 Å². The van der Waals surface area contributed by atoms with Crippen molar-refractivity contribution >= 4 is 23.5 Å². The second kappa shape index (κ2) is 7.88. The van der Waals surface area contributed by atoms with Crippen molar-refractivity contribution in [2.24, 2.45) is 0 Å². The van der Waals surface area contributed by atoms with E-state index in [2.05, 4.69) is 5.32 Å². The molecular weight excluding hydrogens is 276 g/mol. The van der Waals surface area contributed by atoms with E-state index in [0.717, 1.165) is 5.56 Å². The van der Waals surface area contributed by atoms with Gasteiger partial charge in [0.1, 0.15) is 6.04 Å². The predicted molar refractivity (Wildman–Crippen MR) is 75.6 cm³/mol. The van der Waals surface area contributed by atoms with Crippen LogP contribution in [0.25, 0.3) is 0 Å². The van der Waals surface area contributed by atoms with Gasteiger partial charge in [0, 0.05) is 18.5 Å². The molecule has 0 bridgehead atoms. The van der Waals surface area contributed by atoms with Gasteiger partial charge in [-0.25, -0.2) is 4.79 Å². The number of hydrogen-bond acceptors (Lipinski definition) is 4. The number of carbonyl (C=O) groups excluding carboxylic acids is 1. The molecule has 1 atom stereocenters. The minimum absolute atomic E-state index is 0.0884. The van der Waals surface area contributed by atoms with Crippen molar-refractivity contribution in [2.75, 3.05) is 5.73 Å². The lowest BCUT2D eigenvalue weighted by Gasteiger charge is -2.13. The monoisotopic (exact) mass is 294 g/mol. The maximum Gasteiger partial charge on any atom is 0.326 e. The minimum Gasteiger partial charge on any atom is -0.481 e. The SMILES string of the molecule is Nc1ccccc1CCC(=O)N[C@@H](CCC(=O)O)C(=O)O. The molecule has 0 aliphatic heterocycles. The number of nitrogen functional groups attached to an aromatic ring is 1. The second-order valence-corrected chi connectivity index (χ2v) is 4.59. The van der Waals surface area contributed by atoms with Crippen molar-refractivity contribution in [3.8, 4) is 0 Å². The van der Waals surface area contributed by atoms with Gasteiger partial charge in [0.15, 0.2) is 0 Å². The number of benzene rings is 1. The minimum atomic E-state index is -1.25. The predicted octanol–water partition coefficient (Wildman–Crippen LogP) is 0.636. The van der Waals surface area contributed by atoms with E-state index < -0.39 is 23.9 Å². The van der Waals surface area contributed by atoms with E-state index in [9.17, 15) is 14.4 Å². The molecule has 0 unspecified atom stereocenters. The third kappa shape index (κ3) is 5.94. The highest BCUT2D eigenvalue weighted by Crippen LogP contribution is 2.12. The highest BCUT2D eigenvalue weighted by Gasteiger charge is 2.20. The summed E-state index contributed by atoms with van der Waals surface area (Å²) in [6.07, 6.45) is 0.0155. The Balaban J connectivity index is 2.49. The van der Waals surface area contributed by atoms with Gasteiger partial charge in [-0.15, -0.1) is 0 Å². The molecule has 0 aliphatic carbocycles. The van der Waals surface area contributed by atoms with Gasteiger partial charge in [-0.3, -0.25) is 9.59 Å². The van der Waals surface area contributed by atoms with Gasteiger partial charge in [0.05, 0.1) is 0 Å². The van der Waals surface area contributed by atoms with Gasteiger partial charge < -0.3 is 21.3 Å². The maximum absolute atomic E-state index is 11.7. The molecule has 0 saturated carbocycles. The number of aryl methyl sites for hydroxylation is 1. The third-order valence-electron chi connectivity index (χ3n) is 2.96. The Hall–Kier alpha value is -2.57. The van der Waals surface area contributed by atoms with Crippen LogP contribution in [0.4, 0.5) is 5.69 Å². The Kier molecular flexibility index (Phi) is 6.19. The summed E-state index contributed by atoms with van der Waals surface area (Å²) >= 11 is 0. The zero-order valence-corrected chi connectivity index (χ0v) is 11.4. The first-order chi connectivity index (χ1) is 9.90. The summed E-state index contributed by atoms with van der Waals surface area (Å²) in [5.74, 6) is -2.80. The van der Waals surface area contributed by atoms with Crippen LogP contribution in [-0.4, -0.2) is 34.1 Å². The molecule has 1 rings (SSSR count). The lowest BCUT2D eigenvalue weighted by Crippen LogP contribution is -2.41. The Bertz CT molecular complexity index is 530. The molecule has 0 fully saturated rings. The number of carboxylic acid groups (broad SMARTS) is 2. The smallest absolute Gasteiger partial charge is 0.326 e. The van der Waals surface area contributed by atoms with Crippen LogP contribution < -0.4 is 11.1 Å². The molecule has 0 saturated heterocycles. The lowest BCUT2D eigenvalue weighted by molar-refractivity contribution is -0.143. The van der Waals surface area contributed by atoms with Crippen molar-refractivity contribution in [3.05, 3.63) is 29.8 Å². The van der Waals surface area contributed by atoms with Crippen LogP contribution in [0.15, 0.2) is 24.3 Å². The van der Waals surface area contributed by atoms with E-state index in [4.69, 9.17) is 15.9 Å². The van der Waals surface area contributed by atoms with Gasteiger partial charge >= 0.3 is 11.9 Å². The largest absolute Gasteiger partial charge is 0.481 e. The molecule has 114 valence electrons. The Labute approximate surface area is 121 Å². The van der Waals surface area contributed by atoms with Crippen LogP contribution in [0.3, 0.4) is 0 Å². The molecule has 0 aromatic heterocycles. The van der Waals surface area contributed by atoms with E-state index in [1.807, 2.05) is 0 Å². The van der Waals surface area contributed by atoms with E-state index in [-0.39, 0.29) is 19.3 Å². The number of aliphatic carboxylic acids is 2.